The Morgan fingerprint density at radius 1 is 1.04 bits per heavy atom. The Labute approximate surface area is 158 Å². The fourth-order valence-corrected chi connectivity index (χ4v) is 6.18. The molecule has 4 nitrogen and oxygen atoms in total. The smallest absolute Gasteiger partial charge is 0.243 e. The summed E-state index contributed by atoms with van der Waals surface area (Å²) in [4.78, 5) is 0.357. The fourth-order valence-electron chi connectivity index (χ4n) is 4.63. The molecular formula is C21H21FN2O2S. The first-order valence-electron chi connectivity index (χ1n) is 9.21. The van der Waals surface area contributed by atoms with Crippen LogP contribution in [0.15, 0.2) is 53.4 Å². The number of aromatic nitrogens is 1. The van der Waals surface area contributed by atoms with Gasteiger partial charge in [0.25, 0.3) is 0 Å². The van der Waals surface area contributed by atoms with Crippen molar-refractivity contribution in [3.05, 3.63) is 65.6 Å². The first-order valence-corrected chi connectivity index (χ1v) is 10.6. The molecule has 0 aliphatic carbocycles. The zero-order chi connectivity index (χ0) is 18.8. The van der Waals surface area contributed by atoms with Gasteiger partial charge in [0.2, 0.25) is 10.0 Å². The van der Waals surface area contributed by atoms with Gasteiger partial charge in [-0.05, 0) is 56.2 Å². The molecule has 1 atom stereocenters. The normalized spacial score (nSPS) is 22.7. The monoisotopic (exact) mass is 384 g/mol. The number of halogens is 1. The third-order valence-corrected chi connectivity index (χ3v) is 7.92. The minimum Gasteiger partial charge on any atom is -0.344 e. The third kappa shape index (κ3) is 2.62. The van der Waals surface area contributed by atoms with Gasteiger partial charge in [-0.2, -0.15) is 4.31 Å². The summed E-state index contributed by atoms with van der Waals surface area (Å²) in [6.07, 6.45) is 1.67. The Kier molecular flexibility index (Phi) is 3.55. The van der Waals surface area contributed by atoms with Crippen molar-refractivity contribution >= 4 is 20.9 Å². The number of benzene rings is 2. The van der Waals surface area contributed by atoms with Crippen LogP contribution in [-0.4, -0.2) is 30.4 Å². The van der Waals surface area contributed by atoms with E-state index in [4.69, 9.17) is 0 Å². The summed E-state index contributed by atoms with van der Waals surface area (Å²) >= 11 is 0. The molecule has 5 rings (SSSR count). The number of rotatable bonds is 2. The van der Waals surface area contributed by atoms with Crippen LogP contribution in [0, 0.1) is 18.2 Å². The molecule has 6 heteroatoms. The lowest BCUT2D eigenvalue weighted by atomic mass is 9.85. The van der Waals surface area contributed by atoms with E-state index < -0.39 is 10.0 Å². The largest absolute Gasteiger partial charge is 0.344 e. The van der Waals surface area contributed by atoms with E-state index >= 15 is 0 Å². The Morgan fingerprint density at radius 3 is 2.59 bits per heavy atom. The summed E-state index contributed by atoms with van der Waals surface area (Å²) in [5, 5.41) is 1.04. The second kappa shape index (κ2) is 5.66. The molecule has 1 aromatic heterocycles. The van der Waals surface area contributed by atoms with Crippen LogP contribution in [-0.2, 0) is 23.0 Å². The average molecular weight is 384 g/mol. The first kappa shape index (κ1) is 17.0. The summed E-state index contributed by atoms with van der Waals surface area (Å²) in [6, 6.07) is 14.0. The highest BCUT2D eigenvalue weighted by Crippen LogP contribution is 2.44. The molecular weight excluding hydrogens is 363 g/mol. The second-order valence-corrected chi connectivity index (χ2v) is 9.94. The molecule has 1 saturated heterocycles. The van der Waals surface area contributed by atoms with Gasteiger partial charge in [-0.3, -0.25) is 0 Å². The number of hydrogen-bond donors (Lipinski definition) is 0. The molecule has 2 aromatic carbocycles. The highest BCUT2D eigenvalue weighted by Gasteiger charge is 2.47. The van der Waals surface area contributed by atoms with Crippen LogP contribution in [0.5, 0.6) is 0 Å². The molecule has 0 amide bonds. The van der Waals surface area contributed by atoms with Gasteiger partial charge >= 0.3 is 0 Å². The van der Waals surface area contributed by atoms with Crippen LogP contribution >= 0.6 is 0 Å². The number of aryl methyl sites for hydroxylation is 1. The summed E-state index contributed by atoms with van der Waals surface area (Å²) in [5.74, 6) is -0.237. The summed E-state index contributed by atoms with van der Waals surface area (Å²) < 4.78 is 43.5. The van der Waals surface area contributed by atoms with Gasteiger partial charge in [0.1, 0.15) is 5.82 Å². The van der Waals surface area contributed by atoms with Crippen LogP contribution in [0.1, 0.15) is 17.7 Å². The number of nitrogens with zero attached hydrogens (tertiary/aromatic N) is 2. The van der Waals surface area contributed by atoms with Gasteiger partial charge in [-0.15, -0.1) is 0 Å². The van der Waals surface area contributed by atoms with E-state index in [9.17, 15) is 12.8 Å². The molecule has 3 heterocycles. The van der Waals surface area contributed by atoms with Crippen LogP contribution in [0.2, 0.25) is 0 Å². The third-order valence-electron chi connectivity index (χ3n) is 6.06. The van der Waals surface area contributed by atoms with Gasteiger partial charge in [-0.1, -0.05) is 17.7 Å². The predicted molar refractivity (Wildman–Crippen MR) is 103 cm³/mol. The highest BCUT2D eigenvalue weighted by atomic mass is 32.2. The van der Waals surface area contributed by atoms with Gasteiger partial charge < -0.3 is 4.57 Å². The van der Waals surface area contributed by atoms with Gasteiger partial charge in [0, 0.05) is 36.1 Å². The van der Waals surface area contributed by atoms with E-state index in [0.717, 1.165) is 35.9 Å². The molecule has 3 aromatic rings. The summed E-state index contributed by atoms with van der Waals surface area (Å²) in [7, 11) is -3.47. The Bertz CT molecular complexity index is 1150. The first-order chi connectivity index (χ1) is 12.9. The van der Waals surface area contributed by atoms with Crippen LogP contribution < -0.4 is 0 Å². The molecule has 0 N–H and O–H groups in total. The molecule has 1 fully saturated rings. The van der Waals surface area contributed by atoms with E-state index in [1.807, 2.05) is 25.1 Å². The quantitative estimate of drug-likeness (QED) is 0.676. The highest BCUT2D eigenvalue weighted by molar-refractivity contribution is 7.89. The van der Waals surface area contributed by atoms with Gasteiger partial charge in [0.15, 0.2) is 0 Å². The van der Waals surface area contributed by atoms with Crippen molar-refractivity contribution in [2.45, 2.75) is 31.2 Å². The molecule has 27 heavy (non-hydrogen) atoms. The minimum atomic E-state index is -3.47. The fraction of sp³-hybridized carbons (Fsp3) is 0.333. The van der Waals surface area contributed by atoms with E-state index in [2.05, 4.69) is 10.6 Å². The average Bonchev–Trinajstić information content (AvgIpc) is 3.29. The van der Waals surface area contributed by atoms with E-state index in [1.54, 1.807) is 22.5 Å². The maximum Gasteiger partial charge on any atom is 0.243 e. The molecule has 0 radical (unpaired) electrons. The zero-order valence-corrected chi connectivity index (χ0v) is 16.0. The van der Waals surface area contributed by atoms with Crippen molar-refractivity contribution in [1.82, 2.24) is 8.87 Å². The van der Waals surface area contributed by atoms with Crippen LogP contribution in [0.3, 0.4) is 0 Å². The van der Waals surface area contributed by atoms with Crippen molar-refractivity contribution in [2.75, 3.05) is 13.1 Å². The summed E-state index contributed by atoms with van der Waals surface area (Å²) in [5.41, 5.74) is 3.03. The van der Waals surface area contributed by atoms with Crippen LogP contribution in [0.4, 0.5) is 4.39 Å². The molecule has 1 spiro atoms. The minimum absolute atomic E-state index is 0.0897. The second-order valence-electron chi connectivity index (χ2n) is 8.00. The maximum atomic E-state index is 13.7. The SMILES string of the molecule is Cc1ccc(S(=O)(=O)N2CCC3(Cc4cc5ccc(F)cc5n4C3)C2)cc1. The van der Waals surface area contributed by atoms with Crippen molar-refractivity contribution in [3.63, 3.8) is 0 Å². The molecule has 140 valence electrons. The van der Waals surface area contributed by atoms with Crippen molar-refractivity contribution in [2.24, 2.45) is 5.41 Å². The van der Waals surface area contributed by atoms with E-state index in [-0.39, 0.29) is 11.2 Å². The predicted octanol–water partition coefficient (Wildman–Crippen LogP) is 3.73. The lowest BCUT2D eigenvalue weighted by molar-refractivity contribution is 0.299. The van der Waals surface area contributed by atoms with Crippen molar-refractivity contribution in [1.29, 1.82) is 0 Å². The topological polar surface area (TPSA) is 42.3 Å². The Morgan fingerprint density at radius 2 is 1.81 bits per heavy atom. The standard InChI is InChI=1S/C21H21FN2O2S/c1-15-2-6-19(7-3-15)27(25,26)23-9-8-21(13-23)12-18-10-16-4-5-17(22)11-20(16)24(18)14-21/h2-7,10-11H,8-9,12-14H2,1H3. The molecule has 2 aliphatic rings. The number of fused-ring (bicyclic) bond motifs is 3. The Balaban J connectivity index is 1.43. The molecule has 1 unspecified atom stereocenters. The summed E-state index contributed by atoms with van der Waals surface area (Å²) in [6.45, 7) is 3.74. The van der Waals surface area contributed by atoms with Crippen LogP contribution in [0.25, 0.3) is 10.9 Å². The van der Waals surface area contributed by atoms with Crippen molar-refractivity contribution in [3.8, 4) is 0 Å². The molecule has 2 aliphatic heterocycles. The zero-order valence-electron chi connectivity index (χ0n) is 15.2. The van der Waals surface area contributed by atoms with Crippen molar-refractivity contribution < 1.29 is 12.8 Å². The van der Waals surface area contributed by atoms with E-state index in [0.29, 0.717) is 18.0 Å². The lowest BCUT2D eigenvalue weighted by Crippen LogP contribution is -2.33. The number of sulfonamides is 1. The van der Waals surface area contributed by atoms with Gasteiger partial charge in [-0.25, -0.2) is 12.8 Å². The number of hydrogen-bond acceptors (Lipinski definition) is 2. The van der Waals surface area contributed by atoms with Gasteiger partial charge in [0.05, 0.1) is 10.4 Å². The lowest BCUT2D eigenvalue weighted by Gasteiger charge is -2.23. The molecule has 0 saturated carbocycles. The Hall–Kier alpha value is -2.18. The van der Waals surface area contributed by atoms with E-state index in [1.165, 1.54) is 11.8 Å². The molecule has 0 bridgehead atoms. The maximum absolute atomic E-state index is 13.7.